The molecule has 0 aliphatic rings. The summed E-state index contributed by atoms with van der Waals surface area (Å²) in [4.78, 5) is 0. The van der Waals surface area contributed by atoms with Crippen molar-refractivity contribution < 1.29 is 23.4 Å². The Morgan fingerprint density at radius 2 is 2.00 bits per heavy atom. The molecule has 8 heteroatoms. The highest BCUT2D eigenvalue weighted by atomic mass is 32.2. The molecule has 0 aromatic heterocycles. The normalized spacial score (nSPS) is 11.7. The first-order chi connectivity index (χ1) is 8.96. The van der Waals surface area contributed by atoms with Crippen LogP contribution < -0.4 is 15.2 Å². The summed E-state index contributed by atoms with van der Waals surface area (Å²) in [5.41, 5.74) is 6.08. The molecule has 0 saturated heterocycles. The summed E-state index contributed by atoms with van der Waals surface area (Å²) in [7, 11) is -3.61. The van der Waals surface area contributed by atoms with Gasteiger partial charge in [-0.3, -0.25) is 0 Å². The predicted molar refractivity (Wildman–Crippen MR) is 71.2 cm³/mol. The van der Waals surface area contributed by atoms with E-state index in [4.69, 9.17) is 20.7 Å². The predicted octanol–water partition coefficient (Wildman–Crippen LogP) is -1.08. The van der Waals surface area contributed by atoms with Gasteiger partial charge in [-0.15, -0.1) is 0 Å². The Kier molecular flexibility index (Phi) is 6.03. The van der Waals surface area contributed by atoms with Crippen molar-refractivity contribution in [2.75, 3.05) is 31.3 Å². The van der Waals surface area contributed by atoms with E-state index in [9.17, 15) is 8.42 Å². The minimum Gasteiger partial charge on any atom is -0.492 e. The third-order valence-electron chi connectivity index (χ3n) is 2.27. The molecule has 0 aliphatic heterocycles. The van der Waals surface area contributed by atoms with Crippen molar-refractivity contribution in [2.24, 2.45) is 0 Å². The van der Waals surface area contributed by atoms with Crippen LogP contribution in [0.1, 0.15) is 0 Å². The van der Waals surface area contributed by atoms with Gasteiger partial charge < -0.3 is 20.7 Å². The highest BCUT2D eigenvalue weighted by Crippen LogP contribution is 2.14. The Labute approximate surface area is 112 Å². The molecule has 0 unspecified atom stereocenters. The molecule has 7 nitrogen and oxygen atoms in total. The number of hydrogen-bond acceptors (Lipinski definition) is 6. The summed E-state index contributed by atoms with van der Waals surface area (Å²) in [6, 6.07) is 5.76. The third-order valence-corrected chi connectivity index (χ3v) is 3.66. The number of nitrogen functional groups attached to an aromatic ring is 1. The monoisotopic (exact) mass is 290 g/mol. The number of sulfonamides is 1. The molecule has 1 aromatic carbocycles. The smallest absolute Gasteiger partial charge is 0.215 e. The number of anilines is 1. The zero-order valence-corrected chi connectivity index (χ0v) is 11.1. The lowest BCUT2D eigenvalue weighted by Gasteiger charge is -2.14. The van der Waals surface area contributed by atoms with E-state index in [1.165, 1.54) is 0 Å². The fourth-order valence-corrected chi connectivity index (χ4v) is 2.40. The van der Waals surface area contributed by atoms with E-state index in [1.807, 2.05) is 0 Å². The van der Waals surface area contributed by atoms with Crippen LogP contribution in [0.4, 0.5) is 5.69 Å². The van der Waals surface area contributed by atoms with Gasteiger partial charge in [0.2, 0.25) is 10.0 Å². The van der Waals surface area contributed by atoms with E-state index in [0.717, 1.165) is 0 Å². The second kappa shape index (κ2) is 7.29. The van der Waals surface area contributed by atoms with Gasteiger partial charge in [-0.25, -0.2) is 13.1 Å². The highest BCUT2D eigenvalue weighted by Gasteiger charge is 2.16. The van der Waals surface area contributed by atoms with Gasteiger partial charge in [-0.1, -0.05) is 6.07 Å². The van der Waals surface area contributed by atoms with Crippen LogP contribution >= 0.6 is 0 Å². The van der Waals surface area contributed by atoms with Gasteiger partial charge in [-0.2, -0.15) is 0 Å². The zero-order valence-electron chi connectivity index (χ0n) is 10.3. The molecular formula is C11H18N2O5S. The average molecular weight is 290 g/mol. The van der Waals surface area contributed by atoms with E-state index in [1.54, 1.807) is 24.3 Å². The first kappa shape index (κ1) is 15.7. The topological polar surface area (TPSA) is 122 Å². The van der Waals surface area contributed by atoms with Gasteiger partial charge >= 0.3 is 0 Å². The number of benzene rings is 1. The molecule has 0 bridgehead atoms. The lowest BCUT2D eigenvalue weighted by Crippen LogP contribution is -2.42. The molecule has 0 aliphatic carbocycles. The molecule has 0 radical (unpaired) electrons. The number of ether oxygens (including phenoxy) is 1. The summed E-state index contributed by atoms with van der Waals surface area (Å²) in [6.07, 6.45) is 0. The molecule has 0 heterocycles. The van der Waals surface area contributed by atoms with Crippen molar-refractivity contribution in [3.05, 3.63) is 24.3 Å². The summed E-state index contributed by atoms with van der Waals surface area (Å²) in [5, 5.41) is 17.6. The quantitative estimate of drug-likeness (QED) is 0.452. The molecule has 0 spiro atoms. The fraction of sp³-hybridized carbons (Fsp3) is 0.455. The molecule has 0 saturated carbocycles. The Bertz CT molecular complexity index is 488. The van der Waals surface area contributed by atoms with Crippen molar-refractivity contribution in [3.63, 3.8) is 0 Å². The SMILES string of the molecule is Nc1cccc(OCCS(=O)(=O)NC(CO)CO)c1. The molecule has 0 fully saturated rings. The zero-order chi connectivity index (χ0) is 14.3. The number of aliphatic hydroxyl groups is 2. The van der Waals surface area contributed by atoms with Crippen LogP contribution in [0, 0.1) is 0 Å². The molecule has 19 heavy (non-hydrogen) atoms. The Balaban J connectivity index is 2.43. The largest absolute Gasteiger partial charge is 0.492 e. The van der Waals surface area contributed by atoms with Crippen LogP contribution in [-0.4, -0.2) is 50.2 Å². The summed E-state index contributed by atoms with van der Waals surface area (Å²) in [5.74, 6) is 0.203. The lowest BCUT2D eigenvalue weighted by molar-refractivity contribution is 0.184. The van der Waals surface area contributed by atoms with E-state index >= 15 is 0 Å². The summed E-state index contributed by atoms with van der Waals surface area (Å²) >= 11 is 0. The second-order valence-corrected chi connectivity index (χ2v) is 5.79. The van der Waals surface area contributed by atoms with Gasteiger partial charge in [0.1, 0.15) is 12.4 Å². The second-order valence-electron chi connectivity index (χ2n) is 3.92. The fourth-order valence-electron chi connectivity index (χ4n) is 1.32. The minimum absolute atomic E-state index is 0.0532. The van der Waals surface area contributed by atoms with Crippen LogP contribution in [0.5, 0.6) is 5.75 Å². The van der Waals surface area contributed by atoms with Crippen LogP contribution in [0.2, 0.25) is 0 Å². The number of rotatable bonds is 8. The van der Waals surface area contributed by atoms with Crippen molar-refractivity contribution in [1.29, 1.82) is 0 Å². The average Bonchev–Trinajstić information content (AvgIpc) is 2.36. The van der Waals surface area contributed by atoms with E-state index in [2.05, 4.69) is 4.72 Å². The van der Waals surface area contributed by atoms with Gasteiger partial charge in [0, 0.05) is 11.8 Å². The van der Waals surface area contributed by atoms with Crippen LogP contribution in [-0.2, 0) is 10.0 Å². The molecule has 0 atom stereocenters. The third kappa shape index (κ3) is 5.88. The molecule has 0 amide bonds. The highest BCUT2D eigenvalue weighted by molar-refractivity contribution is 7.89. The first-order valence-corrected chi connectivity index (χ1v) is 7.32. The van der Waals surface area contributed by atoms with Crippen molar-refractivity contribution in [2.45, 2.75) is 6.04 Å². The van der Waals surface area contributed by atoms with E-state index in [0.29, 0.717) is 11.4 Å². The Morgan fingerprint density at radius 3 is 2.58 bits per heavy atom. The van der Waals surface area contributed by atoms with E-state index < -0.39 is 29.3 Å². The molecule has 5 N–H and O–H groups in total. The number of aliphatic hydroxyl groups excluding tert-OH is 2. The molecule has 108 valence electrons. The van der Waals surface area contributed by atoms with Gasteiger partial charge in [0.15, 0.2) is 0 Å². The van der Waals surface area contributed by atoms with Gasteiger partial charge in [0.05, 0.1) is 25.0 Å². The Hall–Kier alpha value is -1.35. The summed E-state index contributed by atoms with van der Waals surface area (Å²) < 4.78 is 30.6. The van der Waals surface area contributed by atoms with Crippen molar-refractivity contribution in [1.82, 2.24) is 4.72 Å². The van der Waals surface area contributed by atoms with Gasteiger partial charge in [0.25, 0.3) is 0 Å². The number of hydrogen-bond donors (Lipinski definition) is 4. The molecule has 1 aromatic rings. The lowest BCUT2D eigenvalue weighted by atomic mass is 10.3. The number of nitrogens with two attached hydrogens (primary N) is 1. The maximum absolute atomic E-state index is 11.6. The van der Waals surface area contributed by atoms with Crippen LogP contribution in [0.15, 0.2) is 24.3 Å². The summed E-state index contributed by atoms with van der Waals surface area (Å²) in [6.45, 7) is -0.986. The standard InChI is InChI=1S/C11H18N2O5S/c12-9-2-1-3-11(6-9)18-4-5-19(16,17)13-10(7-14)8-15/h1-3,6,10,13-15H,4-5,7-8,12H2. The molecular weight excluding hydrogens is 272 g/mol. The van der Waals surface area contributed by atoms with E-state index in [-0.39, 0.29) is 12.4 Å². The molecule has 1 rings (SSSR count). The minimum atomic E-state index is -3.61. The van der Waals surface area contributed by atoms with Crippen molar-refractivity contribution in [3.8, 4) is 5.75 Å². The van der Waals surface area contributed by atoms with Gasteiger partial charge in [-0.05, 0) is 12.1 Å². The maximum atomic E-state index is 11.6. The van der Waals surface area contributed by atoms with Crippen LogP contribution in [0.25, 0.3) is 0 Å². The maximum Gasteiger partial charge on any atom is 0.215 e. The first-order valence-electron chi connectivity index (χ1n) is 5.67. The Morgan fingerprint density at radius 1 is 1.32 bits per heavy atom. The van der Waals surface area contributed by atoms with Crippen molar-refractivity contribution >= 4 is 15.7 Å². The van der Waals surface area contributed by atoms with Crippen LogP contribution in [0.3, 0.4) is 0 Å². The number of nitrogens with one attached hydrogen (secondary N) is 1.